The van der Waals surface area contributed by atoms with Crippen molar-refractivity contribution in [2.24, 2.45) is 0 Å². The Labute approximate surface area is 102 Å². The Morgan fingerprint density at radius 3 is 2.75 bits per heavy atom. The van der Waals surface area contributed by atoms with Gasteiger partial charge in [-0.1, -0.05) is 15.9 Å². The van der Waals surface area contributed by atoms with Crippen LogP contribution in [0, 0.1) is 0 Å². The number of hydrogen-bond donors (Lipinski definition) is 1. The minimum absolute atomic E-state index is 0.147. The largest absolute Gasteiger partial charge is 0.484 e. The Morgan fingerprint density at radius 2 is 2.12 bits per heavy atom. The van der Waals surface area contributed by atoms with Gasteiger partial charge in [-0.25, -0.2) is 0 Å². The molecule has 0 unspecified atom stereocenters. The van der Waals surface area contributed by atoms with E-state index in [1.165, 1.54) is 0 Å². The number of Topliss-reactive ketones (excluding diaryl/α,β-unsaturated/α-hetero) is 1. The summed E-state index contributed by atoms with van der Waals surface area (Å²) in [6.07, 6.45) is 3.57. The van der Waals surface area contributed by atoms with Crippen LogP contribution in [0.3, 0.4) is 0 Å². The number of ether oxygens (including phenoxy) is 1. The molecular formula is C12H12BrNO2. The lowest BCUT2D eigenvalue weighted by Gasteiger charge is -2.44. The van der Waals surface area contributed by atoms with Gasteiger partial charge in [-0.15, -0.1) is 0 Å². The fraction of sp³-hybridized carbons (Fsp3) is 0.417. The highest BCUT2D eigenvalue weighted by Crippen LogP contribution is 2.47. The number of rotatable bonds is 0. The molecule has 1 aliphatic carbocycles. The van der Waals surface area contributed by atoms with Crippen molar-refractivity contribution in [3.05, 3.63) is 22.2 Å². The molecule has 0 radical (unpaired) electrons. The van der Waals surface area contributed by atoms with Crippen LogP contribution in [0.1, 0.15) is 36.0 Å². The fourth-order valence-corrected chi connectivity index (χ4v) is 2.90. The standard InChI is InChI=1S/C12H12BrNO2/c13-7-4-8-10(15)6-12(2-1-3-12)16-11(8)9(14)5-7/h4-5H,1-3,6,14H2. The van der Waals surface area contributed by atoms with Crippen LogP contribution < -0.4 is 10.5 Å². The molecular weight excluding hydrogens is 270 g/mol. The summed E-state index contributed by atoms with van der Waals surface area (Å²) in [4.78, 5) is 12.0. The second-order valence-electron chi connectivity index (χ2n) is 4.61. The molecule has 0 bridgehead atoms. The minimum atomic E-state index is -0.244. The topological polar surface area (TPSA) is 52.3 Å². The predicted molar refractivity (Wildman–Crippen MR) is 64.7 cm³/mol. The van der Waals surface area contributed by atoms with Crippen molar-refractivity contribution >= 4 is 27.4 Å². The molecule has 1 aliphatic heterocycles. The molecule has 0 aromatic heterocycles. The van der Waals surface area contributed by atoms with Crippen molar-refractivity contribution in [2.75, 3.05) is 5.73 Å². The Bertz CT molecular complexity index is 480. The molecule has 2 N–H and O–H groups in total. The van der Waals surface area contributed by atoms with Gasteiger partial charge < -0.3 is 10.5 Å². The van der Waals surface area contributed by atoms with Crippen LogP contribution in [0.5, 0.6) is 5.75 Å². The Hall–Kier alpha value is -1.03. The van der Waals surface area contributed by atoms with Crippen molar-refractivity contribution in [3.63, 3.8) is 0 Å². The van der Waals surface area contributed by atoms with Crippen molar-refractivity contribution in [3.8, 4) is 5.75 Å². The number of carbonyl (C=O) groups excluding carboxylic acids is 1. The van der Waals surface area contributed by atoms with Gasteiger partial charge in [0.25, 0.3) is 0 Å². The highest BCUT2D eigenvalue weighted by molar-refractivity contribution is 9.10. The number of nitrogens with two attached hydrogens (primary N) is 1. The summed E-state index contributed by atoms with van der Waals surface area (Å²) in [6, 6.07) is 3.57. The SMILES string of the molecule is Nc1cc(Br)cc2c1OC1(CCC1)CC2=O. The van der Waals surface area contributed by atoms with Gasteiger partial charge in [0.1, 0.15) is 5.60 Å². The number of halogens is 1. The maximum Gasteiger partial charge on any atom is 0.170 e. The van der Waals surface area contributed by atoms with Crippen molar-refractivity contribution in [1.29, 1.82) is 0 Å². The van der Waals surface area contributed by atoms with Gasteiger partial charge in [-0.05, 0) is 31.4 Å². The first kappa shape index (κ1) is 10.1. The molecule has 1 aromatic rings. The van der Waals surface area contributed by atoms with E-state index in [9.17, 15) is 4.79 Å². The first-order chi connectivity index (χ1) is 7.60. The lowest BCUT2D eigenvalue weighted by molar-refractivity contribution is -0.0171. The monoisotopic (exact) mass is 281 g/mol. The highest BCUT2D eigenvalue weighted by Gasteiger charge is 2.45. The van der Waals surface area contributed by atoms with E-state index in [2.05, 4.69) is 15.9 Å². The number of carbonyl (C=O) groups is 1. The van der Waals surface area contributed by atoms with E-state index < -0.39 is 0 Å². The number of anilines is 1. The van der Waals surface area contributed by atoms with Gasteiger partial charge in [0.05, 0.1) is 17.7 Å². The molecule has 1 heterocycles. The van der Waals surface area contributed by atoms with Crippen LogP contribution >= 0.6 is 15.9 Å². The average Bonchev–Trinajstić information content (AvgIpc) is 2.17. The molecule has 0 atom stereocenters. The zero-order chi connectivity index (χ0) is 11.3. The molecule has 3 nitrogen and oxygen atoms in total. The molecule has 84 valence electrons. The lowest BCUT2D eigenvalue weighted by atomic mass is 9.74. The van der Waals surface area contributed by atoms with Gasteiger partial charge >= 0.3 is 0 Å². The van der Waals surface area contributed by atoms with E-state index in [-0.39, 0.29) is 11.4 Å². The van der Waals surface area contributed by atoms with E-state index in [4.69, 9.17) is 10.5 Å². The highest BCUT2D eigenvalue weighted by atomic mass is 79.9. The first-order valence-electron chi connectivity index (χ1n) is 5.41. The summed E-state index contributed by atoms with van der Waals surface area (Å²) in [6.45, 7) is 0. The van der Waals surface area contributed by atoms with Crippen LogP contribution in [-0.4, -0.2) is 11.4 Å². The molecule has 0 amide bonds. The zero-order valence-electron chi connectivity index (χ0n) is 8.75. The predicted octanol–water partition coefficient (Wildman–Crippen LogP) is 2.92. The first-order valence-corrected chi connectivity index (χ1v) is 6.20. The van der Waals surface area contributed by atoms with Crippen LogP contribution in [0.25, 0.3) is 0 Å². The Morgan fingerprint density at radius 1 is 1.38 bits per heavy atom. The van der Waals surface area contributed by atoms with Crippen LogP contribution in [-0.2, 0) is 0 Å². The zero-order valence-corrected chi connectivity index (χ0v) is 10.3. The summed E-state index contributed by atoms with van der Waals surface area (Å²) in [7, 11) is 0. The maximum absolute atomic E-state index is 12.0. The van der Waals surface area contributed by atoms with Crippen LogP contribution in [0.15, 0.2) is 16.6 Å². The molecule has 1 spiro atoms. The summed E-state index contributed by atoms with van der Waals surface area (Å²) in [5.41, 5.74) is 6.81. The third-order valence-electron chi connectivity index (χ3n) is 3.45. The second-order valence-corrected chi connectivity index (χ2v) is 5.53. The molecule has 1 fully saturated rings. The minimum Gasteiger partial charge on any atom is -0.484 e. The van der Waals surface area contributed by atoms with Gasteiger partial charge in [0.2, 0.25) is 0 Å². The quantitative estimate of drug-likeness (QED) is 0.744. The summed E-state index contributed by atoms with van der Waals surface area (Å²) in [5, 5.41) is 0. The average molecular weight is 282 g/mol. The second kappa shape index (κ2) is 3.23. The van der Waals surface area contributed by atoms with Gasteiger partial charge in [0, 0.05) is 4.47 Å². The Balaban J connectivity index is 2.11. The summed E-state index contributed by atoms with van der Waals surface area (Å²) in [5.74, 6) is 0.730. The van der Waals surface area contributed by atoms with Gasteiger partial charge in [0.15, 0.2) is 11.5 Å². The summed E-state index contributed by atoms with van der Waals surface area (Å²) >= 11 is 3.34. The van der Waals surface area contributed by atoms with Crippen LogP contribution in [0.2, 0.25) is 0 Å². The van der Waals surface area contributed by atoms with Crippen molar-refractivity contribution < 1.29 is 9.53 Å². The fourth-order valence-electron chi connectivity index (χ4n) is 2.43. The number of hydrogen-bond acceptors (Lipinski definition) is 3. The maximum atomic E-state index is 12.0. The Kier molecular flexibility index (Phi) is 2.05. The summed E-state index contributed by atoms with van der Waals surface area (Å²) < 4.78 is 6.77. The van der Waals surface area contributed by atoms with Gasteiger partial charge in [-0.2, -0.15) is 0 Å². The molecule has 1 aromatic carbocycles. The van der Waals surface area contributed by atoms with Gasteiger partial charge in [-0.3, -0.25) is 4.79 Å². The van der Waals surface area contributed by atoms with E-state index in [1.54, 1.807) is 12.1 Å². The molecule has 1 saturated carbocycles. The lowest BCUT2D eigenvalue weighted by Crippen LogP contribution is -2.47. The van der Waals surface area contributed by atoms with E-state index in [0.717, 1.165) is 23.7 Å². The molecule has 16 heavy (non-hydrogen) atoms. The molecule has 2 aliphatic rings. The van der Waals surface area contributed by atoms with E-state index in [0.29, 0.717) is 23.4 Å². The van der Waals surface area contributed by atoms with Crippen molar-refractivity contribution in [1.82, 2.24) is 0 Å². The molecule has 3 rings (SSSR count). The number of nitrogen functional groups attached to an aromatic ring is 1. The molecule has 0 saturated heterocycles. The number of fused-ring (bicyclic) bond motifs is 1. The van der Waals surface area contributed by atoms with Crippen LogP contribution in [0.4, 0.5) is 5.69 Å². The third kappa shape index (κ3) is 1.36. The van der Waals surface area contributed by atoms with E-state index in [1.807, 2.05) is 0 Å². The van der Waals surface area contributed by atoms with E-state index >= 15 is 0 Å². The smallest absolute Gasteiger partial charge is 0.170 e. The normalized spacial score (nSPS) is 21.2. The number of benzene rings is 1. The molecule has 4 heteroatoms. The van der Waals surface area contributed by atoms with Crippen molar-refractivity contribution in [2.45, 2.75) is 31.3 Å². The number of ketones is 1. The third-order valence-corrected chi connectivity index (χ3v) is 3.91.